The lowest BCUT2D eigenvalue weighted by Crippen LogP contribution is -2.13. The van der Waals surface area contributed by atoms with Gasteiger partial charge < -0.3 is 9.47 Å². The molecule has 0 radical (unpaired) electrons. The van der Waals surface area contributed by atoms with Gasteiger partial charge in [-0.2, -0.15) is 0 Å². The average molecular weight is 222 g/mol. The number of Topliss-reactive ketones (excluding diaryl/α,β-unsaturated/α-hetero) is 1. The second kappa shape index (κ2) is 6.40. The summed E-state index contributed by atoms with van der Waals surface area (Å²) >= 11 is 0. The summed E-state index contributed by atoms with van der Waals surface area (Å²) in [5.74, 6) is 0.0253. The van der Waals surface area contributed by atoms with E-state index in [1.807, 2.05) is 32.0 Å². The van der Waals surface area contributed by atoms with Gasteiger partial charge in [0, 0.05) is 12.7 Å². The molecule has 88 valence electrons. The highest BCUT2D eigenvalue weighted by Crippen LogP contribution is 2.13. The topological polar surface area (TPSA) is 35.5 Å². The molecule has 3 heteroatoms. The van der Waals surface area contributed by atoms with Gasteiger partial charge in [0.15, 0.2) is 5.78 Å². The second-order valence-corrected chi connectivity index (χ2v) is 3.72. The minimum atomic E-state index is 0.0253. The van der Waals surface area contributed by atoms with E-state index in [0.29, 0.717) is 13.2 Å². The minimum Gasteiger partial charge on any atom is -0.382 e. The number of carbonyl (C=O) groups is 1. The van der Waals surface area contributed by atoms with Gasteiger partial charge in [0.2, 0.25) is 0 Å². The summed E-state index contributed by atoms with van der Waals surface area (Å²) in [6.07, 6.45) is 0. The third kappa shape index (κ3) is 3.43. The maximum atomic E-state index is 11.8. The van der Waals surface area contributed by atoms with E-state index in [9.17, 15) is 4.79 Å². The van der Waals surface area contributed by atoms with Gasteiger partial charge in [-0.25, -0.2) is 0 Å². The average Bonchev–Trinajstić information content (AvgIpc) is 2.28. The zero-order valence-electron chi connectivity index (χ0n) is 10.1. The number of ketones is 1. The lowest BCUT2D eigenvalue weighted by atomic mass is 10.0. The van der Waals surface area contributed by atoms with E-state index in [1.54, 1.807) is 7.11 Å². The quantitative estimate of drug-likeness (QED) is 0.546. The molecule has 0 aliphatic carbocycles. The van der Waals surface area contributed by atoms with Crippen LogP contribution in [0.15, 0.2) is 18.2 Å². The molecule has 0 aromatic heterocycles. The molecule has 0 aliphatic rings. The van der Waals surface area contributed by atoms with Crippen molar-refractivity contribution in [1.29, 1.82) is 0 Å². The molecule has 0 heterocycles. The van der Waals surface area contributed by atoms with Crippen LogP contribution in [0.2, 0.25) is 0 Å². The molecule has 0 spiro atoms. The van der Waals surface area contributed by atoms with Crippen LogP contribution >= 0.6 is 0 Å². The molecular weight excluding hydrogens is 204 g/mol. The Labute approximate surface area is 96.4 Å². The van der Waals surface area contributed by atoms with Gasteiger partial charge in [0.25, 0.3) is 0 Å². The molecule has 0 saturated heterocycles. The van der Waals surface area contributed by atoms with Crippen molar-refractivity contribution in [2.45, 2.75) is 13.8 Å². The van der Waals surface area contributed by atoms with Crippen LogP contribution in [0, 0.1) is 13.8 Å². The summed E-state index contributed by atoms with van der Waals surface area (Å²) in [5.41, 5.74) is 2.91. The first kappa shape index (κ1) is 12.9. The van der Waals surface area contributed by atoms with E-state index < -0.39 is 0 Å². The van der Waals surface area contributed by atoms with Crippen molar-refractivity contribution in [3.05, 3.63) is 34.9 Å². The van der Waals surface area contributed by atoms with Crippen molar-refractivity contribution in [3.8, 4) is 0 Å². The first-order valence-electron chi connectivity index (χ1n) is 5.33. The maximum absolute atomic E-state index is 11.8. The third-order valence-electron chi connectivity index (χ3n) is 2.57. The van der Waals surface area contributed by atoms with Gasteiger partial charge in [-0.15, -0.1) is 0 Å². The molecule has 0 unspecified atom stereocenters. The van der Waals surface area contributed by atoms with Crippen LogP contribution in [0.1, 0.15) is 21.5 Å². The number of methoxy groups -OCH3 is 1. The summed E-state index contributed by atoms with van der Waals surface area (Å²) in [7, 11) is 1.61. The second-order valence-electron chi connectivity index (χ2n) is 3.72. The van der Waals surface area contributed by atoms with Gasteiger partial charge in [-0.05, 0) is 25.0 Å². The van der Waals surface area contributed by atoms with Gasteiger partial charge in [0.05, 0.1) is 13.2 Å². The fourth-order valence-corrected chi connectivity index (χ4v) is 1.44. The number of rotatable bonds is 6. The molecule has 1 aromatic carbocycles. The number of carbonyl (C=O) groups excluding carboxylic acids is 1. The Kier molecular flexibility index (Phi) is 5.15. The van der Waals surface area contributed by atoms with Crippen molar-refractivity contribution in [2.24, 2.45) is 0 Å². The van der Waals surface area contributed by atoms with E-state index in [2.05, 4.69) is 0 Å². The van der Waals surface area contributed by atoms with Crippen molar-refractivity contribution >= 4 is 5.78 Å². The zero-order valence-corrected chi connectivity index (χ0v) is 10.1. The molecule has 1 rings (SSSR count). The van der Waals surface area contributed by atoms with E-state index in [0.717, 1.165) is 16.7 Å². The molecule has 0 atom stereocenters. The van der Waals surface area contributed by atoms with Crippen LogP contribution < -0.4 is 0 Å². The van der Waals surface area contributed by atoms with Crippen LogP contribution in [0.25, 0.3) is 0 Å². The van der Waals surface area contributed by atoms with Crippen molar-refractivity contribution in [1.82, 2.24) is 0 Å². The highest BCUT2D eigenvalue weighted by molar-refractivity contribution is 5.98. The lowest BCUT2D eigenvalue weighted by molar-refractivity contribution is 0.0576. The highest BCUT2D eigenvalue weighted by atomic mass is 16.5. The van der Waals surface area contributed by atoms with Gasteiger partial charge in [-0.1, -0.05) is 18.2 Å². The highest BCUT2D eigenvalue weighted by Gasteiger charge is 2.09. The van der Waals surface area contributed by atoms with Gasteiger partial charge in [-0.3, -0.25) is 4.79 Å². The normalized spacial score (nSPS) is 10.4. The van der Waals surface area contributed by atoms with Crippen LogP contribution in [0.5, 0.6) is 0 Å². The molecule has 3 nitrogen and oxygen atoms in total. The zero-order chi connectivity index (χ0) is 12.0. The maximum Gasteiger partial charge on any atom is 0.188 e. The Bertz CT molecular complexity index is 358. The Hall–Kier alpha value is -1.19. The number of benzene rings is 1. The molecule has 0 N–H and O–H groups in total. The van der Waals surface area contributed by atoms with E-state index in [4.69, 9.17) is 9.47 Å². The fourth-order valence-electron chi connectivity index (χ4n) is 1.44. The van der Waals surface area contributed by atoms with E-state index in [-0.39, 0.29) is 12.4 Å². The molecule has 0 saturated carbocycles. The van der Waals surface area contributed by atoms with Crippen LogP contribution in [0.3, 0.4) is 0 Å². The molecule has 16 heavy (non-hydrogen) atoms. The molecule has 0 amide bonds. The predicted molar refractivity (Wildman–Crippen MR) is 62.9 cm³/mol. The Morgan fingerprint density at radius 1 is 1.25 bits per heavy atom. The number of aryl methyl sites for hydroxylation is 1. The molecule has 0 aliphatic heterocycles. The predicted octanol–water partition coefficient (Wildman–Crippen LogP) is 2.15. The standard InChI is InChI=1S/C13H18O3/c1-10-5-4-6-12(11(10)2)13(14)9-16-8-7-15-3/h4-6H,7-9H2,1-3H3. The SMILES string of the molecule is COCCOCC(=O)c1cccc(C)c1C. The largest absolute Gasteiger partial charge is 0.382 e. The Morgan fingerprint density at radius 2 is 2.00 bits per heavy atom. The van der Waals surface area contributed by atoms with Crippen molar-refractivity contribution in [3.63, 3.8) is 0 Å². The first-order chi connectivity index (χ1) is 7.66. The van der Waals surface area contributed by atoms with Crippen molar-refractivity contribution < 1.29 is 14.3 Å². The smallest absolute Gasteiger partial charge is 0.188 e. The van der Waals surface area contributed by atoms with Crippen LogP contribution in [0.4, 0.5) is 0 Å². The minimum absolute atomic E-state index is 0.0253. The summed E-state index contributed by atoms with van der Waals surface area (Å²) in [4.78, 5) is 11.8. The Morgan fingerprint density at radius 3 is 2.69 bits per heavy atom. The summed E-state index contributed by atoms with van der Waals surface area (Å²) in [5, 5.41) is 0. The molecule has 0 bridgehead atoms. The summed E-state index contributed by atoms with van der Waals surface area (Å²) in [6, 6.07) is 5.73. The number of hydrogen-bond acceptors (Lipinski definition) is 3. The molecular formula is C13H18O3. The fraction of sp³-hybridized carbons (Fsp3) is 0.462. The van der Waals surface area contributed by atoms with Crippen LogP contribution in [-0.2, 0) is 9.47 Å². The Balaban J connectivity index is 2.56. The lowest BCUT2D eigenvalue weighted by Gasteiger charge is -2.07. The van der Waals surface area contributed by atoms with Gasteiger partial charge >= 0.3 is 0 Å². The number of hydrogen-bond donors (Lipinski definition) is 0. The van der Waals surface area contributed by atoms with Crippen LogP contribution in [-0.4, -0.2) is 32.7 Å². The summed E-state index contributed by atoms with van der Waals surface area (Å²) in [6.45, 7) is 5.04. The first-order valence-corrected chi connectivity index (χ1v) is 5.33. The molecule has 0 fully saturated rings. The van der Waals surface area contributed by atoms with E-state index in [1.165, 1.54) is 0 Å². The van der Waals surface area contributed by atoms with Crippen molar-refractivity contribution in [2.75, 3.05) is 26.9 Å². The monoisotopic (exact) mass is 222 g/mol. The summed E-state index contributed by atoms with van der Waals surface area (Å²) < 4.78 is 10.0. The van der Waals surface area contributed by atoms with Gasteiger partial charge in [0.1, 0.15) is 6.61 Å². The third-order valence-corrected chi connectivity index (χ3v) is 2.57. The molecule has 1 aromatic rings. The number of ether oxygens (including phenoxy) is 2. The van der Waals surface area contributed by atoms with E-state index >= 15 is 0 Å².